The Balaban J connectivity index is 1.90. The van der Waals surface area contributed by atoms with Crippen LogP contribution in [0.4, 0.5) is 34.8 Å². The zero-order valence-electron chi connectivity index (χ0n) is 17.2. The van der Waals surface area contributed by atoms with Gasteiger partial charge < -0.3 is 9.64 Å². The zero-order chi connectivity index (χ0) is 23.2. The van der Waals surface area contributed by atoms with Crippen LogP contribution in [0.5, 0.6) is 5.88 Å². The number of hydrogen-bond donors (Lipinski definition) is 0. The van der Waals surface area contributed by atoms with Gasteiger partial charge >= 0.3 is 6.18 Å². The predicted molar refractivity (Wildman–Crippen MR) is 108 cm³/mol. The number of rotatable bonds is 3. The minimum absolute atomic E-state index is 0.0481. The second-order valence-electron chi connectivity index (χ2n) is 7.12. The van der Waals surface area contributed by atoms with Gasteiger partial charge in [-0.1, -0.05) is 0 Å². The molecule has 0 unspecified atom stereocenters. The van der Waals surface area contributed by atoms with E-state index in [1.165, 1.54) is 41.2 Å². The van der Waals surface area contributed by atoms with Crippen molar-refractivity contribution < 1.29 is 27.1 Å². The van der Waals surface area contributed by atoms with E-state index in [2.05, 4.69) is 15.0 Å². The van der Waals surface area contributed by atoms with E-state index in [1.807, 2.05) is 0 Å². The SMILES string of the molecule is COc1ccc(N2CN(c3ccc(F)cc3C)c3ncc(C(F)(F)F)nc3C2=O)c(C)n1. The predicted octanol–water partition coefficient (Wildman–Crippen LogP) is 4.41. The Labute approximate surface area is 180 Å². The highest BCUT2D eigenvalue weighted by Crippen LogP contribution is 2.37. The quantitative estimate of drug-likeness (QED) is 0.554. The van der Waals surface area contributed by atoms with Gasteiger partial charge in [-0.15, -0.1) is 0 Å². The summed E-state index contributed by atoms with van der Waals surface area (Å²) in [6.45, 7) is 3.20. The highest BCUT2D eigenvalue weighted by molar-refractivity contribution is 6.10. The number of halogens is 4. The number of hydrogen-bond acceptors (Lipinski definition) is 6. The Hall–Kier alpha value is -3.76. The standard InChI is InChI=1S/C21H17F4N5O2/c1-11-8-13(22)4-5-14(11)29-10-30(15-6-7-17(32-3)27-12(15)2)20(31)18-19(29)26-9-16(28-18)21(23,24)25/h4-9H,10H2,1-3H3. The van der Waals surface area contributed by atoms with Gasteiger partial charge in [0.1, 0.15) is 12.5 Å². The second-order valence-corrected chi connectivity index (χ2v) is 7.12. The van der Waals surface area contributed by atoms with Gasteiger partial charge in [-0.2, -0.15) is 13.2 Å². The van der Waals surface area contributed by atoms with Crippen LogP contribution in [0.15, 0.2) is 36.5 Å². The summed E-state index contributed by atoms with van der Waals surface area (Å²) in [7, 11) is 1.44. The Morgan fingerprint density at radius 1 is 1.03 bits per heavy atom. The van der Waals surface area contributed by atoms with Gasteiger partial charge in [0.05, 0.1) is 24.7 Å². The lowest BCUT2D eigenvalue weighted by Gasteiger charge is -2.37. The van der Waals surface area contributed by atoms with Crippen molar-refractivity contribution in [2.75, 3.05) is 23.6 Å². The first-order chi connectivity index (χ1) is 15.1. The van der Waals surface area contributed by atoms with Crippen LogP contribution in [0.3, 0.4) is 0 Å². The molecule has 166 valence electrons. The number of nitrogens with zero attached hydrogens (tertiary/aromatic N) is 5. The van der Waals surface area contributed by atoms with Gasteiger partial charge in [-0.25, -0.2) is 19.3 Å². The Morgan fingerprint density at radius 2 is 1.75 bits per heavy atom. The first-order valence-corrected chi connectivity index (χ1v) is 9.41. The fourth-order valence-electron chi connectivity index (χ4n) is 3.49. The third-order valence-electron chi connectivity index (χ3n) is 5.01. The van der Waals surface area contributed by atoms with Gasteiger partial charge in [0.25, 0.3) is 5.91 Å². The molecule has 0 spiro atoms. The summed E-state index contributed by atoms with van der Waals surface area (Å²) < 4.78 is 58.6. The van der Waals surface area contributed by atoms with E-state index in [0.717, 1.165) is 0 Å². The smallest absolute Gasteiger partial charge is 0.434 e. The molecule has 0 saturated heterocycles. The van der Waals surface area contributed by atoms with Gasteiger partial charge in [0.2, 0.25) is 5.88 Å². The molecule has 0 atom stereocenters. The molecule has 0 N–H and O–H groups in total. The van der Waals surface area contributed by atoms with Crippen molar-refractivity contribution in [3.63, 3.8) is 0 Å². The molecule has 0 radical (unpaired) electrons. The summed E-state index contributed by atoms with van der Waals surface area (Å²) in [5, 5.41) is 0. The van der Waals surface area contributed by atoms with Gasteiger partial charge in [0.15, 0.2) is 17.2 Å². The summed E-state index contributed by atoms with van der Waals surface area (Å²) in [6.07, 6.45) is -4.20. The van der Waals surface area contributed by atoms with E-state index < -0.39 is 29.3 Å². The molecule has 3 heterocycles. The first kappa shape index (κ1) is 21.5. The topological polar surface area (TPSA) is 71.5 Å². The maximum absolute atomic E-state index is 13.7. The maximum atomic E-state index is 13.7. The Morgan fingerprint density at radius 3 is 2.38 bits per heavy atom. The van der Waals surface area contributed by atoms with E-state index in [-0.39, 0.29) is 12.5 Å². The number of carbonyl (C=O) groups is 1. The molecular weight excluding hydrogens is 430 g/mol. The number of amides is 1. The number of ether oxygens (including phenoxy) is 1. The average molecular weight is 447 g/mol. The fourth-order valence-corrected chi connectivity index (χ4v) is 3.49. The summed E-state index contributed by atoms with van der Waals surface area (Å²) in [4.78, 5) is 27.7. The number of pyridine rings is 1. The Bertz CT molecular complexity index is 1220. The molecule has 4 rings (SSSR count). The molecule has 1 aromatic carbocycles. The minimum atomic E-state index is -4.78. The van der Waals surface area contributed by atoms with Crippen LogP contribution in [-0.2, 0) is 6.18 Å². The number of carbonyl (C=O) groups excluding carboxylic acids is 1. The molecule has 0 saturated carbocycles. The van der Waals surface area contributed by atoms with E-state index in [0.29, 0.717) is 34.7 Å². The molecule has 32 heavy (non-hydrogen) atoms. The summed E-state index contributed by atoms with van der Waals surface area (Å²) in [6, 6.07) is 7.10. The molecule has 0 fully saturated rings. The maximum Gasteiger partial charge on any atom is 0.434 e. The van der Waals surface area contributed by atoms with Crippen LogP contribution >= 0.6 is 0 Å². The molecule has 7 nitrogen and oxygen atoms in total. The van der Waals surface area contributed by atoms with Gasteiger partial charge in [-0.3, -0.25) is 9.69 Å². The molecule has 2 aromatic heterocycles. The number of aryl methyl sites for hydroxylation is 2. The molecule has 11 heteroatoms. The van der Waals surface area contributed by atoms with Crippen molar-refractivity contribution >= 4 is 23.1 Å². The van der Waals surface area contributed by atoms with E-state index >= 15 is 0 Å². The molecular formula is C21H17F4N5O2. The highest BCUT2D eigenvalue weighted by atomic mass is 19.4. The van der Waals surface area contributed by atoms with Crippen LogP contribution in [-0.4, -0.2) is 34.6 Å². The fraction of sp³-hybridized carbons (Fsp3) is 0.238. The largest absolute Gasteiger partial charge is 0.481 e. The zero-order valence-corrected chi connectivity index (χ0v) is 17.2. The normalized spacial score (nSPS) is 13.9. The lowest BCUT2D eigenvalue weighted by molar-refractivity contribution is -0.141. The van der Waals surface area contributed by atoms with Crippen LogP contribution in [0.2, 0.25) is 0 Å². The molecule has 1 aliphatic heterocycles. The summed E-state index contributed by atoms with van der Waals surface area (Å²) in [5.41, 5.74) is 0.0222. The molecule has 0 aliphatic carbocycles. The van der Waals surface area contributed by atoms with E-state index in [4.69, 9.17) is 4.74 Å². The van der Waals surface area contributed by atoms with Crippen molar-refractivity contribution in [3.05, 3.63) is 65.0 Å². The third kappa shape index (κ3) is 3.70. The van der Waals surface area contributed by atoms with E-state index in [1.54, 1.807) is 19.9 Å². The van der Waals surface area contributed by atoms with Crippen LogP contribution in [0.25, 0.3) is 0 Å². The lowest BCUT2D eigenvalue weighted by atomic mass is 10.1. The lowest BCUT2D eigenvalue weighted by Crippen LogP contribution is -2.46. The van der Waals surface area contributed by atoms with Crippen molar-refractivity contribution in [1.29, 1.82) is 0 Å². The van der Waals surface area contributed by atoms with Gasteiger partial charge in [0, 0.05) is 11.8 Å². The number of anilines is 3. The average Bonchev–Trinajstić information content (AvgIpc) is 2.74. The van der Waals surface area contributed by atoms with Crippen molar-refractivity contribution in [2.45, 2.75) is 20.0 Å². The number of alkyl halides is 3. The molecule has 0 bridgehead atoms. The van der Waals surface area contributed by atoms with Crippen LogP contribution in [0.1, 0.15) is 27.4 Å². The van der Waals surface area contributed by atoms with Crippen molar-refractivity contribution in [2.24, 2.45) is 0 Å². The number of methoxy groups -OCH3 is 1. The highest BCUT2D eigenvalue weighted by Gasteiger charge is 2.39. The number of fused-ring (bicyclic) bond motifs is 1. The monoisotopic (exact) mass is 447 g/mol. The third-order valence-corrected chi connectivity index (χ3v) is 5.01. The van der Waals surface area contributed by atoms with Crippen LogP contribution < -0.4 is 14.5 Å². The van der Waals surface area contributed by atoms with Crippen molar-refractivity contribution in [3.8, 4) is 5.88 Å². The van der Waals surface area contributed by atoms with Crippen molar-refractivity contribution in [1.82, 2.24) is 15.0 Å². The molecule has 1 aliphatic rings. The molecule has 3 aromatic rings. The summed E-state index contributed by atoms with van der Waals surface area (Å²) in [5.74, 6) is -0.954. The Kier molecular flexibility index (Phi) is 5.19. The minimum Gasteiger partial charge on any atom is -0.481 e. The number of benzene rings is 1. The first-order valence-electron chi connectivity index (χ1n) is 9.41. The summed E-state index contributed by atoms with van der Waals surface area (Å²) >= 11 is 0. The van der Waals surface area contributed by atoms with Gasteiger partial charge in [-0.05, 0) is 43.7 Å². The number of aromatic nitrogens is 3. The van der Waals surface area contributed by atoms with Crippen LogP contribution in [0, 0.1) is 19.7 Å². The van der Waals surface area contributed by atoms with E-state index in [9.17, 15) is 22.4 Å². The molecule has 1 amide bonds. The second kappa shape index (κ2) is 7.74.